The van der Waals surface area contributed by atoms with Gasteiger partial charge in [0.25, 0.3) is 5.69 Å². The number of nitrogens with one attached hydrogen (secondary N) is 1. The van der Waals surface area contributed by atoms with Crippen LogP contribution in [0.4, 0.5) is 11.4 Å². The summed E-state index contributed by atoms with van der Waals surface area (Å²) in [5.41, 5.74) is 0.843. The molecule has 0 aromatic heterocycles. The molecule has 1 aromatic carbocycles. The standard InChI is InChI=1S/C9H9ClN2O4/c1-5-2-8(12(15)16)6(10)3-7(5)11-4-9(13)14/h2-3,11H,4H2,1H3,(H,13,14). The molecule has 0 fully saturated rings. The number of nitro groups is 1. The first-order valence-electron chi connectivity index (χ1n) is 4.32. The number of rotatable bonds is 4. The molecule has 1 aromatic rings. The molecule has 0 spiro atoms. The number of benzene rings is 1. The van der Waals surface area contributed by atoms with Crippen molar-refractivity contribution in [3.63, 3.8) is 0 Å². The number of aryl methyl sites for hydroxylation is 1. The van der Waals surface area contributed by atoms with Crippen LogP contribution in [0.25, 0.3) is 0 Å². The van der Waals surface area contributed by atoms with Crippen molar-refractivity contribution in [1.82, 2.24) is 0 Å². The van der Waals surface area contributed by atoms with Gasteiger partial charge in [-0.1, -0.05) is 11.6 Å². The Balaban J connectivity index is 3.01. The normalized spacial score (nSPS) is 9.88. The average Bonchev–Trinajstić information content (AvgIpc) is 2.18. The fourth-order valence-electron chi connectivity index (χ4n) is 1.17. The van der Waals surface area contributed by atoms with Gasteiger partial charge in [-0.05, 0) is 18.6 Å². The van der Waals surface area contributed by atoms with Gasteiger partial charge in [-0.2, -0.15) is 0 Å². The first kappa shape index (κ1) is 12.3. The highest BCUT2D eigenvalue weighted by Crippen LogP contribution is 2.30. The molecule has 0 aliphatic heterocycles. The molecular formula is C9H9ClN2O4. The highest BCUT2D eigenvalue weighted by atomic mass is 35.5. The number of hydrogen-bond donors (Lipinski definition) is 2. The van der Waals surface area contributed by atoms with Gasteiger partial charge in [0.2, 0.25) is 0 Å². The summed E-state index contributed by atoms with van der Waals surface area (Å²) in [4.78, 5) is 20.3. The molecule has 6 nitrogen and oxygen atoms in total. The molecular weight excluding hydrogens is 236 g/mol. The van der Waals surface area contributed by atoms with Crippen LogP contribution in [-0.2, 0) is 4.79 Å². The van der Waals surface area contributed by atoms with Crippen molar-refractivity contribution < 1.29 is 14.8 Å². The van der Waals surface area contributed by atoms with Crippen molar-refractivity contribution in [2.45, 2.75) is 6.92 Å². The van der Waals surface area contributed by atoms with E-state index in [2.05, 4.69) is 5.32 Å². The Labute approximate surface area is 96.0 Å². The van der Waals surface area contributed by atoms with Gasteiger partial charge in [0.05, 0.1) is 4.92 Å². The highest BCUT2D eigenvalue weighted by molar-refractivity contribution is 6.33. The van der Waals surface area contributed by atoms with Crippen molar-refractivity contribution in [2.24, 2.45) is 0 Å². The largest absolute Gasteiger partial charge is 0.480 e. The zero-order valence-electron chi connectivity index (χ0n) is 8.36. The lowest BCUT2D eigenvalue weighted by Crippen LogP contribution is -2.13. The first-order chi connectivity index (χ1) is 7.41. The number of nitro benzene ring substituents is 1. The molecule has 0 atom stereocenters. The van der Waals surface area contributed by atoms with Gasteiger partial charge in [-0.3, -0.25) is 14.9 Å². The lowest BCUT2D eigenvalue weighted by Gasteiger charge is -2.07. The van der Waals surface area contributed by atoms with Crippen molar-refractivity contribution in [2.75, 3.05) is 11.9 Å². The van der Waals surface area contributed by atoms with Crippen LogP contribution in [0.2, 0.25) is 5.02 Å². The molecule has 0 heterocycles. The summed E-state index contributed by atoms with van der Waals surface area (Å²) in [6.45, 7) is 1.36. The van der Waals surface area contributed by atoms with Crippen molar-refractivity contribution in [1.29, 1.82) is 0 Å². The Morgan fingerprint density at radius 3 is 2.75 bits per heavy atom. The van der Waals surface area contributed by atoms with Crippen LogP contribution >= 0.6 is 11.6 Å². The Morgan fingerprint density at radius 2 is 2.25 bits per heavy atom. The van der Waals surface area contributed by atoms with Crippen LogP contribution in [0.1, 0.15) is 5.56 Å². The van der Waals surface area contributed by atoms with Gasteiger partial charge in [0.1, 0.15) is 11.6 Å². The van der Waals surface area contributed by atoms with E-state index in [4.69, 9.17) is 16.7 Å². The highest BCUT2D eigenvalue weighted by Gasteiger charge is 2.15. The molecule has 0 aliphatic rings. The number of carboxylic acids is 1. The van der Waals surface area contributed by atoms with E-state index >= 15 is 0 Å². The zero-order chi connectivity index (χ0) is 12.3. The summed E-state index contributed by atoms with van der Waals surface area (Å²) in [5.74, 6) is -1.02. The Bertz CT molecular complexity index is 447. The maximum Gasteiger partial charge on any atom is 0.322 e. The van der Waals surface area contributed by atoms with Gasteiger partial charge < -0.3 is 10.4 Å². The summed E-state index contributed by atoms with van der Waals surface area (Å²) < 4.78 is 0. The van der Waals surface area contributed by atoms with Gasteiger partial charge >= 0.3 is 5.97 Å². The molecule has 0 bridgehead atoms. The minimum atomic E-state index is -1.02. The second-order valence-corrected chi connectivity index (χ2v) is 3.53. The summed E-state index contributed by atoms with van der Waals surface area (Å²) >= 11 is 5.68. The summed E-state index contributed by atoms with van der Waals surface area (Å²) in [5, 5.41) is 21.6. The van der Waals surface area contributed by atoms with E-state index in [-0.39, 0.29) is 17.3 Å². The molecule has 0 aliphatic carbocycles. The summed E-state index contributed by atoms with van der Waals surface area (Å²) in [7, 11) is 0. The van der Waals surface area contributed by atoms with E-state index in [9.17, 15) is 14.9 Å². The van der Waals surface area contributed by atoms with Crippen LogP contribution in [-0.4, -0.2) is 22.5 Å². The van der Waals surface area contributed by atoms with Crippen LogP contribution in [0, 0.1) is 17.0 Å². The van der Waals surface area contributed by atoms with Gasteiger partial charge in [0.15, 0.2) is 0 Å². The maximum absolute atomic E-state index is 10.6. The number of aliphatic carboxylic acids is 1. The average molecular weight is 245 g/mol. The van der Waals surface area contributed by atoms with E-state index in [0.717, 1.165) is 0 Å². The van der Waals surface area contributed by atoms with E-state index < -0.39 is 10.9 Å². The third-order valence-electron chi connectivity index (χ3n) is 1.92. The predicted octanol–water partition coefficient (Wildman–Crippen LogP) is 2.05. The number of halogens is 1. The quantitative estimate of drug-likeness (QED) is 0.625. The second kappa shape index (κ2) is 4.80. The summed E-state index contributed by atoms with van der Waals surface area (Å²) in [6.07, 6.45) is 0. The smallest absolute Gasteiger partial charge is 0.322 e. The lowest BCUT2D eigenvalue weighted by atomic mass is 10.2. The third-order valence-corrected chi connectivity index (χ3v) is 2.22. The van der Waals surface area contributed by atoms with E-state index in [1.165, 1.54) is 12.1 Å². The molecule has 16 heavy (non-hydrogen) atoms. The number of carboxylic acid groups (broad SMARTS) is 1. The molecule has 0 amide bonds. The fourth-order valence-corrected chi connectivity index (χ4v) is 1.40. The van der Waals surface area contributed by atoms with Crippen LogP contribution in [0.3, 0.4) is 0 Å². The van der Waals surface area contributed by atoms with E-state index in [1.54, 1.807) is 6.92 Å². The van der Waals surface area contributed by atoms with Gasteiger partial charge in [0, 0.05) is 11.8 Å². The second-order valence-electron chi connectivity index (χ2n) is 3.12. The van der Waals surface area contributed by atoms with E-state index in [0.29, 0.717) is 11.3 Å². The SMILES string of the molecule is Cc1cc([N+](=O)[O-])c(Cl)cc1NCC(=O)O. The van der Waals surface area contributed by atoms with Crippen molar-refractivity contribution in [3.05, 3.63) is 32.8 Å². The summed E-state index contributed by atoms with van der Waals surface area (Å²) in [6, 6.07) is 2.64. The topological polar surface area (TPSA) is 92.5 Å². The predicted molar refractivity (Wildman–Crippen MR) is 59.0 cm³/mol. The van der Waals surface area contributed by atoms with Gasteiger partial charge in [-0.25, -0.2) is 0 Å². The van der Waals surface area contributed by atoms with Crippen LogP contribution in [0.5, 0.6) is 0 Å². The Hall–Kier alpha value is -1.82. The number of nitrogens with zero attached hydrogens (tertiary/aromatic N) is 1. The molecule has 2 N–H and O–H groups in total. The number of anilines is 1. The zero-order valence-corrected chi connectivity index (χ0v) is 9.11. The molecule has 0 saturated heterocycles. The molecule has 0 radical (unpaired) electrons. The van der Waals surface area contributed by atoms with Crippen molar-refractivity contribution >= 4 is 28.9 Å². The molecule has 7 heteroatoms. The number of carbonyl (C=O) groups is 1. The minimum Gasteiger partial charge on any atom is -0.480 e. The first-order valence-corrected chi connectivity index (χ1v) is 4.70. The van der Waals surface area contributed by atoms with Gasteiger partial charge in [-0.15, -0.1) is 0 Å². The minimum absolute atomic E-state index is 0.0245. The number of hydrogen-bond acceptors (Lipinski definition) is 4. The van der Waals surface area contributed by atoms with Crippen molar-refractivity contribution in [3.8, 4) is 0 Å². The monoisotopic (exact) mass is 244 g/mol. The maximum atomic E-state index is 10.6. The molecule has 1 rings (SSSR count). The lowest BCUT2D eigenvalue weighted by molar-refractivity contribution is -0.384. The molecule has 0 unspecified atom stereocenters. The van der Waals surface area contributed by atoms with E-state index in [1.807, 2.05) is 0 Å². The Morgan fingerprint density at radius 1 is 1.62 bits per heavy atom. The molecule has 0 saturated carbocycles. The van der Waals surface area contributed by atoms with Crippen LogP contribution in [0.15, 0.2) is 12.1 Å². The molecule has 86 valence electrons. The third kappa shape index (κ3) is 2.83. The fraction of sp³-hybridized carbons (Fsp3) is 0.222. The Kier molecular flexibility index (Phi) is 3.68. The van der Waals surface area contributed by atoms with Crippen LogP contribution < -0.4 is 5.32 Å².